The molecule has 0 aliphatic carbocycles. The average molecular weight is 253 g/mol. The molecule has 1 N–H and O–H groups in total. The quantitative estimate of drug-likeness (QED) is 0.824. The molecule has 0 saturated carbocycles. The molecule has 3 nitrogen and oxygen atoms in total. The van der Waals surface area contributed by atoms with Crippen molar-refractivity contribution in [2.24, 2.45) is 5.41 Å². The SMILES string of the molecule is CN(C)CC1CCCN1CC1NCCCC1(C)C. The van der Waals surface area contributed by atoms with Gasteiger partial charge in [-0.1, -0.05) is 13.8 Å². The van der Waals surface area contributed by atoms with Crippen LogP contribution < -0.4 is 5.32 Å². The Hall–Kier alpha value is -0.120. The topological polar surface area (TPSA) is 18.5 Å². The lowest BCUT2D eigenvalue weighted by Gasteiger charge is -2.42. The monoisotopic (exact) mass is 253 g/mol. The van der Waals surface area contributed by atoms with Crippen LogP contribution in [0.2, 0.25) is 0 Å². The fourth-order valence-electron chi connectivity index (χ4n) is 3.58. The highest BCUT2D eigenvalue weighted by Gasteiger charge is 2.35. The minimum atomic E-state index is 0.462. The van der Waals surface area contributed by atoms with Crippen molar-refractivity contribution >= 4 is 0 Å². The molecule has 0 amide bonds. The van der Waals surface area contributed by atoms with E-state index in [1.807, 2.05) is 0 Å². The highest BCUT2D eigenvalue weighted by molar-refractivity contribution is 4.93. The van der Waals surface area contributed by atoms with Gasteiger partial charge in [0.15, 0.2) is 0 Å². The first kappa shape index (κ1) is 14.3. The summed E-state index contributed by atoms with van der Waals surface area (Å²) in [6, 6.07) is 1.45. The molecule has 0 aromatic heterocycles. The van der Waals surface area contributed by atoms with Crippen molar-refractivity contribution in [2.75, 3.05) is 40.3 Å². The Balaban J connectivity index is 1.91. The molecule has 0 radical (unpaired) electrons. The zero-order valence-corrected chi connectivity index (χ0v) is 12.7. The first-order valence-corrected chi connectivity index (χ1v) is 7.61. The van der Waals surface area contributed by atoms with Gasteiger partial charge in [-0.05, 0) is 58.3 Å². The molecular formula is C15H31N3. The highest BCUT2D eigenvalue weighted by atomic mass is 15.2. The third-order valence-corrected chi connectivity index (χ3v) is 4.82. The lowest BCUT2D eigenvalue weighted by atomic mass is 9.77. The third kappa shape index (κ3) is 3.46. The number of nitrogens with zero attached hydrogens (tertiary/aromatic N) is 2. The van der Waals surface area contributed by atoms with E-state index < -0.39 is 0 Å². The predicted molar refractivity (Wildman–Crippen MR) is 78.0 cm³/mol. The number of likely N-dealkylation sites (tertiary alicyclic amines) is 1. The van der Waals surface area contributed by atoms with Gasteiger partial charge in [0.1, 0.15) is 0 Å². The molecule has 2 aliphatic rings. The molecule has 2 atom stereocenters. The summed E-state index contributed by atoms with van der Waals surface area (Å²) in [5.74, 6) is 0. The number of piperidine rings is 1. The Morgan fingerprint density at radius 2 is 2.06 bits per heavy atom. The molecular weight excluding hydrogens is 222 g/mol. The number of likely N-dealkylation sites (N-methyl/N-ethyl adjacent to an activating group) is 1. The Labute approximate surface area is 113 Å². The van der Waals surface area contributed by atoms with Gasteiger partial charge < -0.3 is 10.2 Å². The lowest BCUT2D eigenvalue weighted by molar-refractivity contribution is 0.112. The first-order chi connectivity index (χ1) is 8.49. The Kier molecular flexibility index (Phi) is 4.68. The Bertz CT molecular complexity index is 262. The normalized spacial score (nSPS) is 33.2. The van der Waals surface area contributed by atoms with Gasteiger partial charge in [0.05, 0.1) is 0 Å². The van der Waals surface area contributed by atoms with Crippen LogP contribution in [0.25, 0.3) is 0 Å². The second-order valence-electron chi connectivity index (χ2n) is 7.15. The van der Waals surface area contributed by atoms with E-state index in [9.17, 15) is 0 Å². The fourth-order valence-corrected chi connectivity index (χ4v) is 3.58. The number of hydrogen-bond acceptors (Lipinski definition) is 3. The van der Waals surface area contributed by atoms with Gasteiger partial charge in [0.2, 0.25) is 0 Å². The maximum absolute atomic E-state index is 3.75. The second kappa shape index (κ2) is 5.89. The standard InChI is InChI=1S/C15H31N3/c1-15(2)8-6-9-16-14(15)12-18-10-5-7-13(18)11-17(3)4/h13-14,16H,5-12H2,1-4H3. The van der Waals surface area contributed by atoms with Gasteiger partial charge in [0, 0.05) is 25.2 Å². The highest BCUT2D eigenvalue weighted by Crippen LogP contribution is 2.31. The molecule has 18 heavy (non-hydrogen) atoms. The molecule has 3 heteroatoms. The average Bonchev–Trinajstić information content (AvgIpc) is 2.68. The summed E-state index contributed by atoms with van der Waals surface area (Å²) < 4.78 is 0. The van der Waals surface area contributed by atoms with Crippen LogP contribution in [0.15, 0.2) is 0 Å². The van der Waals surface area contributed by atoms with E-state index in [2.05, 4.69) is 43.1 Å². The summed E-state index contributed by atoms with van der Waals surface area (Å²) in [5, 5.41) is 3.75. The molecule has 2 rings (SSSR count). The van der Waals surface area contributed by atoms with Crippen LogP contribution in [0.3, 0.4) is 0 Å². The van der Waals surface area contributed by atoms with Crippen LogP contribution in [-0.2, 0) is 0 Å². The van der Waals surface area contributed by atoms with E-state index in [0.717, 1.165) is 6.04 Å². The van der Waals surface area contributed by atoms with Crippen LogP contribution in [0, 0.1) is 5.41 Å². The Morgan fingerprint density at radius 1 is 1.28 bits per heavy atom. The van der Waals surface area contributed by atoms with Crippen LogP contribution in [0.5, 0.6) is 0 Å². The second-order valence-corrected chi connectivity index (χ2v) is 7.15. The number of nitrogens with one attached hydrogen (secondary N) is 1. The van der Waals surface area contributed by atoms with E-state index in [0.29, 0.717) is 11.5 Å². The molecule has 2 fully saturated rings. The minimum Gasteiger partial charge on any atom is -0.312 e. The van der Waals surface area contributed by atoms with Crippen LogP contribution in [0.4, 0.5) is 0 Å². The van der Waals surface area contributed by atoms with Crippen molar-refractivity contribution in [3.63, 3.8) is 0 Å². The van der Waals surface area contributed by atoms with E-state index >= 15 is 0 Å². The van der Waals surface area contributed by atoms with Crippen LogP contribution >= 0.6 is 0 Å². The number of rotatable bonds is 4. The van der Waals surface area contributed by atoms with Gasteiger partial charge in [-0.3, -0.25) is 4.90 Å². The molecule has 0 bridgehead atoms. The van der Waals surface area contributed by atoms with Crippen molar-refractivity contribution in [2.45, 2.75) is 51.6 Å². The predicted octanol–water partition coefficient (Wildman–Crippen LogP) is 1.79. The lowest BCUT2D eigenvalue weighted by Crippen LogP contribution is -2.54. The summed E-state index contributed by atoms with van der Waals surface area (Å²) in [6.45, 7) is 9.83. The zero-order chi connectivity index (χ0) is 13.2. The van der Waals surface area contributed by atoms with Gasteiger partial charge >= 0.3 is 0 Å². The van der Waals surface area contributed by atoms with Gasteiger partial charge in [0.25, 0.3) is 0 Å². The molecule has 0 spiro atoms. The van der Waals surface area contributed by atoms with Crippen LogP contribution in [0.1, 0.15) is 39.5 Å². The summed E-state index contributed by atoms with van der Waals surface area (Å²) in [4.78, 5) is 5.06. The molecule has 0 aromatic carbocycles. The molecule has 2 heterocycles. The number of hydrogen-bond donors (Lipinski definition) is 1. The van der Waals surface area contributed by atoms with Crippen molar-refractivity contribution in [3.8, 4) is 0 Å². The van der Waals surface area contributed by atoms with Crippen LogP contribution in [-0.4, -0.2) is 62.2 Å². The van der Waals surface area contributed by atoms with Gasteiger partial charge in [-0.15, -0.1) is 0 Å². The van der Waals surface area contributed by atoms with Gasteiger partial charge in [-0.25, -0.2) is 0 Å². The molecule has 0 aromatic rings. The third-order valence-electron chi connectivity index (χ3n) is 4.82. The summed E-state index contributed by atoms with van der Waals surface area (Å²) >= 11 is 0. The maximum Gasteiger partial charge on any atom is 0.0246 e. The van der Waals surface area contributed by atoms with Crippen molar-refractivity contribution < 1.29 is 0 Å². The first-order valence-electron chi connectivity index (χ1n) is 7.61. The summed E-state index contributed by atoms with van der Waals surface area (Å²) in [6.07, 6.45) is 5.47. The van der Waals surface area contributed by atoms with E-state index in [-0.39, 0.29) is 0 Å². The van der Waals surface area contributed by atoms with Gasteiger partial charge in [-0.2, -0.15) is 0 Å². The van der Waals surface area contributed by atoms with Crippen molar-refractivity contribution in [1.29, 1.82) is 0 Å². The van der Waals surface area contributed by atoms with E-state index in [1.165, 1.54) is 51.9 Å². The maximum atomic E-state index is 3.75. The van der Waals surface area contributed by atoms with Crippen molar-refractivity contribution in [3.05, 3.63) is 0 Å². The van der Waals surface area contributed by atoms with E-state index in [4.69, 9.17) is 0 Å². The Morgan fingerprint density at radius 3 is 2.72 bits per heavy atom. The molecule has 106 valence electrons. The zero-order valence-electron chi connectivity index (χ0n) is 12.7. The summed E-state index contributed by atoms with van der Waals surface area (Å²) in [5.41, 5.74) is 0.462. The molecule has 2 aliphatic heterocycles. The largest absolute Gasteiger partial charge is 0.312 e. The smallest absolute Gasteiger partial charge is 0.0246 e. The minimum absolute atomic E-state index is 0.462. The van der Waals surface area contributed by atoms with E-state index in [1.54, 1.807) is 0 Å². The van der Waals surface area contributed by atoms with Crippen molar-refractivity contribution in [1.82, 2.24) is 15.1 Å². The molecule has 2 saturated heterocycles. The summed E-state index contributed by atoms with van der Waals surface area (Å²) in [7, 11) is 4.39. The molecule has 2 unspecified atom stereocenters. The fraction of sp³-hybridized carbons (Fsp3) is 1.00.